The minimum atomic E-state index is -1.93. The van der Waals surface area contributed by atoms with Crippen LogP contribution in [-0.4, -0.2) is 8.32 Å². The molecular formula is C27H50OSi. The van der Waals surface area contributed by atoms with Crippen molar-refractivity contribution in [2.75, 3.05) is 0 Å². The Labute approximate surface area is 184 Å². The molecule has 0 fully saturated rings. The molecule has 168 valence electrons. The molecule has 0 bridgehead atoms. The molecule has 0 aliphatic heterocycles. The van der Waals surface area contributed by atoms with Gasteiger partial charge < -0.3 is 4.43 Å². The van der Waals surface area contributed by atoms with E-state index in [2.05, 4.69) is 101 Å². The molecule has 2 heteroatoms. The summed E-state index contributed by atoms with van der Waals surface area (Å²) < 4.78 is 7.27. The summed E-state index contributed by atoms with van der Waals surface area (Å²) in [4.78, 5) is 0. The molecule has 29 heavy (non-hydrogen) atoms. The van der Waals surface area contributed by atoms with Crippen LogP contribution < -0.4 is 0 Å². The minimum Gasteiger partial charge on any atom is -0.546 e. The lowest BCUT2D eigenvalue weighted by atomic mass is 9.62. The van der Waals surface area contributed by atoms with Crippen molar-refractivity contribution in [1.82, 2.24) is 0 Å². The van der Waals surface area contributed by atoms with Gasteiger partial charge in [-0.25, -0.2) is 0 Å². The summed E-state index contributed by atoms with van der Waals surface area (Å²) in [6, 6.07) is 0. The van der Waals surface area contributed by atoms with E-state index in [0.717, 1.165) is 12.8 Å². The summed E-state index contributed by atoms with van der Waals surface area (Å²) in [6.45, 7) is 28.2. The molecular weight excluding hydrogens is 368 g/mol. The largest absolute Gasteiger partial charge is 0.546 e. The van der Waals surface area contributed by atoms with Crippen LogP contribution in [0.5, 0.6) is 0 Å². The fourth-order valence-corrected chi connectivity index (χ4v) is 10.9. The third kappa shape index (κ3) is 6.12. The predicted molar refractivity (Wildman–Crippen MR) is 134 cm³/mol. The van der Waals surface area contributed by atoms with Crippen LogP contribution in [0.4, 0.5) is 0 Å². The topological polar surface area (TPSA) is 9.23 Å². The zero-order valence-corrected chi connectivity index (χ0v) is 22.6. The molecule has 0 N–H and O–H groups in total. The van der Waals surface area contributed by atoms with E-state index in [1.165, 1.54) is 23.3 Å². The average Bonchev–Trinajstić information content (AvgIpc) is 2.56. The fraction of sp³-hybridized carbons (Fsp3) is 0.778. The molecule has 1 nitrogen and oxygen atoms in total. The third-order valence-electron chi connectivity index (χ3n) is 7.47. The van der Waals surface area contributed by atoms with E-state index < -0.39 is 8.32 Å². The Bertz CT molecular complexity index is 589. The monoisotopic (exact) mass is 418 g/mol. The second kappa shape index (κ2) is 10.5. The van der Waals surface area contributed by atoms with Gasteiger partial charge in [-0.1, -0.05) is 78.7 Å². The van der Waals surface area contributed by atoms with Gasteiger partial charge in [0, 0.05) is 5.92 Å². The molecule has 0 amide bonds. The van der Waals surface area contributed by atoms with Gasteiger partial charge in [0.15, 0.2) is 0 Å². The minimum absolute atomic E-state index is 0.229. The lowest BCUT2D eigenvalue weighted by Gasteiger charge is -2.50. The van der Waals surface area contributed by atoms with E-state index in [-0.39, 0.29) is 5.41 Å². The zero-order valence-electron chi connectivity index (χ0n) is 21.6. The molecule has 1 aliphatic rings. The highest BCUT2D eigenvalue weighted by Gasteiger charge is 2.50. The van der Waals surface area contributed by atoms with Crippen molar-refractivity contribution in [2.45, 2.75) is 119 Å². The quantitative estimate of drug-likeness (QED) is 0.267. The Morgan fingerprint density at radius 1 is 0.931 bits per heavy atom. The Balaban J connectivity index is 3.40. The first-order valence-corrected chi connectivity index (χ1v) is 14.1. The Morgan fingerprint density at radius 3 is 1.79 bits per heavy atom. The fourth-order valence-electron chi connectivity index (χ4n) is 5.58. The van der Waals surface area contributed by atoms with Crippen molar-refractivity contribution in [3.63, 3.8) is 0 Å². The molecule has 0 radical (unpaired) electrons. The Morgan fingerprint density at radius 2 is 1.38 bits per heavy atom. The van der Waals surface area contributed by atoms with Gasteiger partial charge in [-0.2, -0.15) is 0 Å². The van der Waals surface area contributed by atoms with Gasteiger partial charge in [-0.3, -0.25) is 0 Å². The highest BCUT2D eigenvalue weighted by Crippen LogP contribution is 2.52. The van der Waals surface area contributed by atoms with E-state index in [1.807, 2.05) is 0 Å². The van der Waals surface area contributed by atoms with Crippen LogP contribution in [0.25, 0.3) is 0 Å². The number of hydrogen-bond donors (Lipinski definition) is 0. The van der Waals surface area contributed by atoms with Crippen LogP contribution in [0.15, 0.2) is 35.1 Å². The van der Waals surface area contributed by atoms with Crippen LogP contribution in [0.1, 0.15) is 102 Å². The van der Waals surface area contributed by atoms with E-state index in [9.17, 15) is 0 Å². The van der Waals surface area contributed by atoms with Crippen molar-refractivity contribution >= 4 is 8.32 Å². The molecule has 0 aromatic rings. The van der Waals surface area contributed by atoms with Crippen LogP contribution in [0.2, 0.25) is 16.6 Å². The molecule has 0 saturated carbocycles. The average molecular weight is 419 g/mol. The van der Waals surface area contributed by atoms with E-state index >= 15 is 0 Å². The number of hydrogen-bond acceptors (Lipinski definition) is 1. The lowest BCUT2D eigenvalue weighted by molar-refractivity contribution is 0.0901. The predicted octanol–water partition coefficient (Wildman–Crippen LogP) is 9.44. The van der Waals surface area contributed by atoms with Crippen molar-refractivity contribution in [1.29, 1.82) is 0 Å². The first-order valence-electron chi connectivity index (χ1n) is 11.9. The maximum Gasteiger partial charge on any atom is 0.258 e. The van der Waals surface area contributed by atoms with Crippen molar-refractivity contribution in [3.8, 4) is 0 Å². The van der Waals surface area contributed by atoms with Gasteiger partial charge in [-0.05, 0) is 81.0 Å². The number of rotatable bonds is 9. The molecule has 0 unspecified atom stereocenters. The highest BCUT2D eigenvalue weighted by atomic mass is 28.4. The Kier molecular flexibility index (Phi) is 9.52. The third-order valence-corrected chi connectivity index (χ3v) is 13.5. The van der Waals surface area contributed by atoms with Crippen molar-refractivity contribution < 1.29 is 4.43 Å². The summed E-state index contributed by atoms with van der Waals surface area (Å²) in [5.74, 6) is 2.45. The van der Waals surface area contributed by atoms with Gasteiger partial charge in [0.05, 0.1) is 5.76 Å². The summed E-state index contributed by atoms with van der Waals surface area (Å²) >= 11 is 0. The van der Waals surface area contributed by atoms with Gasteiger partial charge in [-0.15, -0.1) is 0 Å². The summed E-state index contributed by atoms with van der Waals surface area (Å²) in [6.07, 6.45) is 10.7. The smallest absolute Gasteiger partial charge is 0.258 e. The molecule has 2 atom stereocenters. The van der Waals surface area contributed by atoms with E-state index in [0.29, 0.717) is 28.5 Å². The zero-order chi connectivity index (χ0) is 22.6. The van der Waals surface area contributed by atoms with Crippen LogP contribution in [0, 0.1) is 17.3 Å². The number of allylic oxidation sites excluding steroid dienone is 6. The standard InChI is InChI=1S/C27H50OSi/c1-19(2)13-15-24-16-18-26(25(27(24,11)12)17-14-20(3)4)28-29(21(5)6,22(7)8)23(9)10/h13-14,18,21-25H,15-17H2,1-12H3/t24-,25+/m0/s1. The SMILES string of the molecule is CC(C)=CC[C@H]1CC=C(O[Si](C(C)C)(C(C)C)C(C)C)[C@@H](CC=C(C)C)C1(C)C. The Hall–Kier alpha value is -0.763. The first kappa shape index (κ1) is 26.3. The summed E-state index contributed by atoms with van der Waals surface area (Å²) in [7, 11) is -1.93. The molecule has 0 heterocycles. The summed E-state index contributed by atoms with van der Waals surface area (Å²) in [5, 5.41) is 0. The molecule has 0 aromatic heterocycles. The van der Waals surface area contributed by atoms with Gasteiger partial charge in [0.25, 0.3) is 8.32 Å². The maximum absolute atomic E-state index is 7.27. The van der Waals surface area contributed by atoms with Crippen molar-refractivity contribution in [3.05, 3.63) is 35.1 Å². The van der Waals surface area contributed by atoms with Crippen LogP contribution >= 0.6 is 0 Å². The maximum atomic E-state index is 7.27. The molecule has 0 saturated heterocycles. The van der Waals surface area contributed by atoms with Crippen LogP contribution in [-0.2, 0) is 4.43 Å². The highest BCUT2D eigenvalue weighted by molar-refractivity contribution is 6.77. The lowest BCUT2D eigenvalue weighted by Crippen LogP contribution is -2.49. The van der Waals surface area contributed by atoms with Gasteiger partial charge in [0.2, 0.25) is 0 Å². The second-order valence-electron chi connectivity index (χ2n) is 11.4. The molecule has 1 aliphatic carbocycles. The molecule has 1 rings (SSSR count). The molecule has 0 spiro atoms. The normalized spacial score (nSPS) is 22.0. The van der Waals surface area contributed by atoms with Crippen molar-refractivity contribution in [2.24, 2.45) is 17.3 Å². The van der Waals surface area contributed by atoms with E-state index in [1.54, 1.807) is 0 Å². The second-order valence-corrected chi connectivity index (χ2v) is 16.7. The summed E-state index contributed by atoms with van der Waals surface area (Å²) in [5.41, 5.74) is 4.90. The van der Waals surface area contributed by atoms with Crippen LogP contribution in [0.3, 0.4) is 0 Å². The van der Waals surface area contributed by atoms with E-state index in [4.69, 9.17) is 4.43 Å². The molecule has 0 aromatic carbocycles. The first-order chi connectivity index (χ1) is 13.3. The van der Waals surface area contributed by atoms with Gasteiger partial charge in [0.1, 0.15) is 0 Å². The van der Waals surface area contributed by atoms with Gasteiger partial charge >= 0.3 is 0 Å².